The summed E-state index contributed by atoms with van der Waals surface area (Å²) in [5.74, 6) is 0.190. The standard InChI is InChI=1S/C19H18FN5O/c1-25(2)18-21-10-9-17(24-18)13-5-3-7-15(11-13)22-19(26)23-16-8-4-6-14(20)12-16/h3-12H,1-2H3,(H2,22,23,26). The van der Waals surface area contributed by atoms with Crippen molar-refractivity contribution in [2.45, 2.75) is 0 Å². The molecule has 26 heavy (non-hydrogen) atoms. The Morgan fingerprint density at radius 3 is 2.38 bits per heavy atom. The smallest absolute Gasteiger partial charge is 0.323 e. The number of rotatable bonds is 4. The summed E-state index contributed by atoms with van der Waals surface area (Å²) in [4.78, 5) is 22.6. The van der Waals surface area contributed by atoms with Crippen LogP contribution >= 0.6 is 0 Å². The molecule has 3 aromatic rings. The van der Waals surface area contributed by atoms with Crippen molar-refractivity contribution in [1.82, 2.24) is 9.97 Å². The Hall–Kier alpha value is -3.48. The molecule has 0 saturated carbocycles. The monoisotopic (exact) mass is 351 g/mol. The molecule has 0 aliphatic rings. The number of urea groups is 1. The van der Waals surface area contributed by atoms with E-state index in [2.05, 4.69) is 20.6 Å². The molecule has 0 aliphatic heterocycles. The van der Waals surface area contributed by atoms with E-state index < -0.39 is 11.8 Å². The van der Waals surface area contributed by atoms with Gasteiger partial charge in [-0.2, -0.15) is 0 Å². The van der Waals surface area contributed by atoms with Crippen LogP contribution in [0.25, 0.3) is 11.3 Å². The normalized spacial score (nSPS) is 10.3. The molecular formula is C19H18FN5O. The lowest BCUT2D eigenvalue weighted by Gasteiger charge is -2.12. The number of carbonyl (C=O) groups excluding carboxylic acids is 1. The average Bonchev–Trinajstić information content (AvgIpc) is 2.62. The fourth-order valence-electron chi connectivity index (χ4n) is 2.34. The molecule has 0 saturated heterocycles. The number of benzene rings is 2. The SMILES string of the molecule is CN(C)c1nccc(-c2cccc(NC(=O)Nc3cccc(F)c3)c2)n1. The molecule has 0 radical (unpaired) electrons. The van der Waals surface area contributed by atoms with Crippen molar-refractivity contribution in [2.24, 2.45) is 0 Å². The van der Waals surface area contributed by atoms with Crippen molar-refractivity contribution in [1.29, 1.82) is 0 Å². The highest BCUT2D eigenvalue weighted by atomic mass is 19.1. The highest BCUT2D eigenvalue weighted by Gasteiger charge is 2.07. The first-order valence-corrected chi connectivity index (χ1v) is 7.95. The van der Waals surface area contributed by atoms with Crippen LogP contribution in [0.2, 0.25) is 0 Å². The second kappa shape index (κ2) is 7.60. The number of carbonyl (C=O) groups is 1. The first-order chi connectivity index (χ1) is 12.5. The van der Waals surface area contributed by atoms with E-state index in [9.17, 15) is 9.18 Å². The summed E-state index contributed by atoms with van der Waals surface area (Å²) in [6, 6.07) is 14.4. The zero-order valence-electron chi connectivity index (χ0n) is 14.4. The van der Waals surface area contributed by atoms with Gasteiger partial charge in [0.2, 0.25) is 5.95 Å². The van der Waals surface area contributed by atoms with E-state index in [1.54, 1.807) is 24.4 Å². The largest absolute Gasteiger partial charge is 0.347 e. The summed E-state index contributed by atoms with van der Waals surface area (Å²) < 4.78 is 13.2. The Bertz CT molecular complexity index is 929. The van der Waals surface area contributed by atoms with E-state index in [-0.39, 0.29) is 0 Å². The van der Waals surface area contributed by atoms with Gasteiger partial charge >= 0.3 is 6.03 Å². The van der Waals surface area contributed by atoms with Crippen molar-refractivity contribution in [3.63, 3.8) is 0 Å². The van der Waals surface area contributed by atoms with Crippen LogP contribution in [0.5, 0.6) is 0 Å². The number of amides is 2. The minimum absolute atomic E-state index is 0.380. The number of halogens is 1. The van der Waals surface area contributed by atoms with Crippen LogP contribution < -0.4 is 15.5 Å². The van der Waals surface area contributed by atoms with Crippen molar-refractivity contribution in [3.05, 3.63) is 66.6 Å². The summed E-state index contributed by atoms with van der Waals surface area (Å²) in [6.07, 6.45) is 1.69. The molecule has 3 rings (SSSR count). The summed E-state index contributed by atoms with van der Waals surface area (Å²) in [5.41, 5.74) is 2.57. The van der Waals surface area contributed by atoms with Gasteiger partial charge in [0.1, 0.15) is 5.82 Å². The van der Waals surface area contributed by atoms with Gasteiger partial charge in [-0.05, 0) is 36.4 Å². The number of nitrogens with one attached hydrogen (secondary N) is 2. The van der Waals surface area contributed by atoms with Crippen LogP contribution in [0.1, 0.15) is 0 Å². The van der Waals surface area contributed by atoms with Gasteiger partial charge in [0, 0.05) is 37.2 Å². The van der Waals surface area contributed by atoms with Crippen LogP contribution in [-0.4, -0.2) is 30.1 Å². The minimum atomic E-state index is -0.454. The Balaban J connectivity index is 1.75. The van der Waals surface area contributed by atoms with E-state index in [0.717, 1.165) is 11.3 Å². The van der Waals surface area contributed by atoms with Crippen molar-refractivity contribution < 1.29 is 9.18 Å². The molecule has 7 heteroatoms. The fourth-order valence-corrected chi connectivity index (χ4v) is 2.34. The van der Waals surface area contributed by atoms with Gasteiger partial charge in [-0.25, -0.2) is 19.2 Å². The average molecular weight is 351 g/mol. The van der Waals surface area contributed by atoms with Crippen molar-refractivity contribution in [3.8, 4) is 11.3 Å². The molecule has 0 spiro atoms. The van der Waals surface area contributed by atoms with Crippen LogP contribution in [0.4, 0.5) is 26.5 Å². The van der Waals surface area contributed by atoms with Gasteiger partial charge in [-0.1, -0.05) is 18.2 Å². The Labute approximate surface area is 150 Å². The van der Waals surface area contributed by atoms with E-state index >= 15 is 0 Å². The molecule has 2 amide bonds. The third-order valence-electron chi connectivity index (χ3n) is 3.54. The van der Waals surface area contributed by atoms with Gasteiger partial charge in [0.05, 0.1) is 5.69 Å². The number of nitrogens with zero attached hydrogens (tertiary/aromatic N) is 3. The van der Waals surface area contributed by atoms with Gasteiger partial charge in [-0.15, -0.1) is 0 Å². The van der Waals surface area contributed by atoms with Crippen LogP contribution in [0.3, 0.4) is 0 Å². The van der Waals surface area contributed by atoms with E-state index in [4.69, 9.17) is 0 Å². The Morgan fingerprint density at radius 2 is 1.69 bits per heavy atom. The molecule has 0 unspecified atom stereocenters. The zero-order chi connectivity index (χ0) is 18.5. The summed E-state index contributed by atoms with van der Waals surface area (Å²) >= 11 is 0. The second-order valence-electron chi connectivity index (χ2n) is 5.81. The molecule has 0 fully saturated rings. The van der Waals surface area contributed by atoms with Gasteiger partial charge in [-0.3, -0.25) is 0 Å². The van der Waals surface area contributed by atoms with Gasteiger partial charge < -0.3 is 15.5 Å². The lowest BCUT2D eigenvalue weighted by molar-refractivity contribution is 0.262. The van der Waals surface area contributed by atoms with Gasteiger partial charge in [0.15, 0.2) is 0 Å². The summed E-state index contributed by atoms with van der Waals surface area (Å²) in [6.45, 7) is 0. The Morgan fingerprint density at radius 1 is 1.00 bits per heavy atom. The molecule has 0 bridgehead atoms. The maximum absolute atomic E-state index is 13.2. The molecule has 2 aromatic carbocycles. The van der Waals surface area contributed by atoms with Crippen molar-refractivity contribution >= 4 is 23.4 Å². The van der Waals surface area contributed by atoms with Crippen LogP contribution in [0, 0.1) is 5.82 Å². The number of hydrogen-bond donors (Lipinski definition) is 2. The molecule has 0 atom stereocenters. The van der Waals surface area contributed by atoms with Crippen LogP contribution in [0.15, 0.2) is 60.8 Å². The third-order valence-corrected chi connectivity index (χ3v) is 3.54. The minimum Gasteiger partial charge on any atom is -0.347 e. The van der Waals surface area contributed by atoms with Crippen LogP contribution in [-0.2, 0) is 0 Å². The predicted octanol–water partition coefficient (Wildman–Crippen LogP) is 3.99. The maximum Gasteiger partial charge on any atom is 0.323 e. The lowest BCUT2D eigenvalue weighted by Crippen LogP contribution is -2.19. The molecule has 132 valence electrons. The quantitative estimate of drug-likeness (QED) is 0.746. The lowest BCUT2D eigenvalue weighted by atomic mass is 10.1. The van der Waals surface area contributed by atoms with E-state index in [1.165, 1.54) is 18.2 Å². The number of aromatic nitrogens is 2. The first kappa shape index (κ1) is 17.3. The highest BCUT2D eigenvalue weighted by Crippen LogP contribution is 2.22. The molecule has 1 aromatic heterocycles. The predicted molar refractivity (Wildman–Crippen MR) is 101 cm³/mol. The van der Waals surface area contributed by atoms with Gasteiger partial charge in [0.25, 0.3) is 0 Å². The molecule has 0 aliphatic carbocycles. The second-order valence-corrected chi connectivity index (χ2v) is 5.81. The zero-order valence-corrected chi connectivity index (χ0v) is 14.4. The highest BCUT2D eigenvalue weighted by molar-refractivity contribution is 6.00. The fraction of sp³-hybridized carbons (Fsp3) is 0.105. The Kier molecular flexibility index (Phi) is 5.07. The number of anilines is 3. The maximum atomic E-state index is 13.2. The molecular weight excluding hydrogens is 333 g/mol. The topological polar surface area (TPSA) is 70.2 Å². The first-order valence-electron chi connectivity index (χ1n) is 7.95. The molecule has 1 heterocycles. The van der Waals surface area contributed by atoms with E-state index in [0.29, 0.717) is 17.3 Å². The number of hydrogen-bond acceptors (Lipinski definition) is 4. The van der Waals surface area contributed by atoms with Crippen molar-refractivity contribution in [2.75, 3.05) is 29.6 Å². The summed E-state index contributed by atoms with van der Waals surface area (Å²) in [5, 5.41) is 5.32. The molecule has 6 nitrogen and oxygen atoms in total. The summed E-state index contributed by atoms with van der Waals surface area (Å²) in [7, 11) is 3.74. The van der Waals surface area contributed by atoms with E-state index in [1.807, 2.05) is 37.2 Å². The third kappa shape index (κ3) is 4.32. The molecule has 2 N–H and O–H groups in total.